The first-order valence-corrected chi connectivity index (χ1v) is 6.28. The molecule has 1 aromatic carbocycles. The van der Waals surface area contributed by atoms with E-state index in [1.165, 1.54) is 16.0 Å². The van der Waals surface area contributed by atoms with Gasteiger partial charge in [0.15, 0.2) is 0 Å². The number of nitrogens with zero attached hydrogens (tertiary/aromatic N) is 1. The molecule has 1 atom stereocenters. The zero-order valence-electron chi connectivity index (χ0n) is 10.2. The van der Waals surface area contributed by atoms with Crippen molar-refractivity contribution in [2.75, 3.05) is 7.05 Å². The molecular weight excluding hydrogens is 252 g/mol. The van der Waals surface area contributed by atoms with Gasteiger partial charge in [0.25, 0.3) is 0 Å². The first-order valence-electron chi connectivity index (χ1n) is 5.40. The lowest BCUT2D eigenvalue weighted by molar-refractivity contribution is 0.652. The minimum Gasteiger partial charge on any atom is -0.313 e. The van der Waals surface area contributed by atoms with Crippen LogP contribution in [0.25, 0.3) is 10.4 Å². The summed E-state index contributed by atoms with van der Waals surface area (Å²) in [7, 11) is 1.98. The molecule has 0 radical (unpaired) electrons. The van der Waals surface area contributed by atoms with Gasteiger partial charge in [-0.3, -0.25) is 0 Å². The van der Waals surface area contributed by atoms with Gasteiger partial charge in [-0.2, -0.15) is 0 Å². The van der Waals surface area contributed by atoms with E-state index >= 15 is 0 Å². The molecule has 1 heterocycles. The summed E-state index contributed by atoms with van der Waals surface area (Å²) in [5.74, 6) is 0. The van der Waals surface area contributed by atoms with Crippen molar-refractivity contribution in [1.29, 1.82) is 0 Å². The normalized spacial score (nSPS) is 11.9. The monoisotopic (exact) mass is 268 g/mol. The summed E-state index contributed by atoms with van der Waals surface area (Å²) in [5.41, 5.74) is 5.58. The third-order valence-corrected chi connectivity index (χ3v) is 3.83. The van der Waals surface area contributed by atoms with Crippen LogP contribution in [0.1, 0.15) is 24.2 Å². The van der Waals surface area contributed by atoms with Gasteiger partial charge >= 0.3 is 0 Å². The van der Waals surface area contributed by atoms with Crippen LogP contribution in [0.3, 0.4) is 0 Å². The molecule has 0 aliphatic rings. The van der Waals surface area contributed by atoms with Crippen LogP contribution in [0, 0.1) is 6.92 Å². The average molecular weight is 269 g/mol. The molecule has 0 fully saturated rings. The highest BCUT2D eigenvalue weighted by atomic mass is 35.5. The summed E-state index contributed by atoms with van der Waals surface area (Å²) in [6, 6.07) is 9.09. The highest BCUT2D eigenvalue weighted by molar-refractivity contribution is 7.13. The van der Waals surface area contributed by atoms with E-state index in [9.17, 15) is 0 Å². The van der Waals surface area contributed by atoms with E-state index in [0.717, 1.165) is 5.69 Å². The molecule has 0 aliphatic heterocycles. The van der Waals surface area contributed by atoms with Gasteiger partial charge < -0.3 is 5.32 Å². The second kappa shape index (κ2) is 6.15. The van der Waals surface area contributed by atoms with Gasteiger partial charge in [-0.05, 0) is 32.0 Å². The number of aromatic nitrogens is 1. The van der Waals surface area contributed by atoms with Crippen molar-refractivity contribution in [1.82, 2.24) is 10.3 Å². The predicted molar refractivity (Wildman–Crippen MR) is 77.0 cm³/mol. The maximum atomic E-state index is 4.27. The van der Waals surface area contributed by atoms with E-state index in [-0.39, 0.29) is 12.4 Å². The Morgan fingerprint density at radius 2 is 1.88 bits per heavy atom. The Labute approximate surface area is 113 Å². The fourth-order valence-corrected chi connectivity index (χ4v) is 2.48. The Hall–Kier alpha value is -0.900. The molecule has 0 aliphatic carbocycles. The highest BCUT2D eigenvalue weighted by Gasteiger charge is 2.06. The lowest BCUT2D eigenvalue weighted by atomic mass is 10.1. The van der Waals surface area contributed by atoms with Crippen molar-refractivity contribution in [3.63, 3.8) is 0 Å². The van der Waals surface area contributed by atoms with Crippen LogP contribution in [-0.4, -0.2) is 12.0 Å². The van der Waals surface area contributed by atoms with E-state index < -0.39 is 0 Å². The minimum absolute atomic E-state index is 0. The van der Waals surface area contributed by atoms with Gasteiger partial charge in [-0.1, -0.05) is 24.3 Å². The van der Waals surface area contributed by atoms with Crippen molar-refractivity contribution in [3.05, 3.63) is 41.0 Å². The smallest absolute Gasteiger partial charge is 0.0801 e. The van der Waals surface area contributed by atoms with Gasteiger partial charge in [-0.15, -0.1) is 23.7 Å². The van der Waals surface area contributed by atoms with Crippen LogP contribution in [0.4, 0.5) is 0 Å². The molecule has 2 nitrogen and oxygen atoms in total. The van der Waals surface area contributed by atoms with Crippen LogP contribution < -0.4 is 5.32 Å². The topological polar surface area (TPSA) is 24.9 Å². The number of rotatable bonds is 3. The molecule has 0 saturated carbocycles. The molecule has 1 unspecified atom stereocenters. The van der Waals surface area contributed by atoms with Gasteiger partial charge in [0.05, 0.1) is 16.1 Å². The van der Waals surface area contributed by atoms with E-state index in [1.807, 2.05) is 12.6 Å². The second-order valence-electron chi connectivity index (χ2n) is 3.90. The molecule has 0 spiro atoms. The van der Waals surface area contributed by atoms with Crippen molar-refractivity contribution in [2.45, 2.75) is 19.9 Å². The molecule has 17 heavy (non-hydrogen) atoms. The molecule has 1 aromatic heterocycles. The van der Waals surface area contributed by atoms with Gasteiger partial charge in [0.2, 0.25) is 0 Å². The van der Waals surface area contributed by atoms with Gasteiger partial charge in [-0.25, -0.2) is 4.98 Å². The Kier molecular flexibility index (Phi) is 5.12. The molecule has 0 saturated heterocycles. The number of thiazole rings is 1. The van der Waals surface area contributed by atoms with Crippen LogP contribution in [-0.2, 0) is 0 Å². The number of hydrogen-bond acceptors (Lipinski definition) is 3. The zero-order chi connectivity index (χ0) is 11.5. The number of nitrogens with one attached hydrogen (secondary N) is 1. The summed E-state index contributed by atoms with van der Waals surface area (Å²) in [6.07, 6.45) is 0. The number of halogens is 1. The largest absolute Gasteiger partial charge is 0.313 e. The molecule has 0 amide bonds. The Balaban J connectivity index is 0.00000144. The molecule has 2 rings (SSSR count). The zero-order valence-corrected chi connectivity index (χ0v) is 11.9. The lowest BCUT2D eigenvalue weighted by Gasteiger charge is -2.10. The lowest BCUT2D eigenvalue weighted by Crippen LogP contribution is -2.11. The van der Waals surface area contributed by atoms with Gasteiger partial charge in [0, 0.05) is 6.04 Å². The standard InChI is InChI=1S/C13H16N2S.ClH/c1-9(14-3)11-4-6-12(7-5-11)13-10(2)15-8-16-13;/h4-9,14H,1-3H3;1H. The van der Waals surface area contributed by atoms with E-state index in [1.54, 1.807) is 11.3 Å². The summed E-state index contributed by atoms with van der Waals surface area (Å²) in [6.45, 7) is 4.21. The third kappa shape index (κ3) is 3.06. The van der Waals surface area contributed by atoms with Crippen LogP contribution in [0.2, 0.25) is 0 Å². The van der Waals surface area contributed by atoms with Crippen LogP contribution in [0.15, 0.2) is 29.8 Å². The maximum absolute atomic E-state index is 4.27. The van der Waals surface area contributed by atoms with Crippen molar-refractivity contribution in [3.8, 4) is 10.4 Å². The SMILES string of the molecule is CNC(C)c1ccc(-c2scnc2C)cc1.Cl. The molecule has 4 heteroatoms. The van der Waals surface area contributed by atoms with Crippen molar-refractivity contribution < 1.29 is 0 Å². The quantitative estimate of drug-likeness (QED) is 0.915. The number of hydrogen-bond donors (Lipinski definition) is 1. The van der Waals surface area contributed by atoms with Crippen molar-refractivity contribution in [2.24, 2.45) is 0 Å². The summed E-state index contributed by atoms with van der Waals surface area (Å²) in [5, 5.41) is 3.24. The van der Waals surface area contributed by atoms with E-state index in [0.29, 0.717) is 6.04 Å². The van der Waals surface area contributed by atoms with E-state index in [2.05, 4.69) is 48.4 Å². The summed E-state index contributed by atoms with van der Waals surface area (Å²) >= 11 is 1.70. The Morgan fingerprint density at radius 3 is 2.35 bits per heavy atom. The minimum atomic E-state index is 0. The maximum Gasteiger partial charge on any atom is 0.0801 e. The fraction of sp³-hybridized carbons (Fsp3) is 0.308. The van der Waals surface area contributed by atoms with Crippen LogP contribution in [0.5, 0.6) is 0 Å². The van der Waals surface area contributed by atoms with Crippen molar-refractivity contribution >= 4 is 23.7 Å². The molecule has 92 valence electrons. The molecule has 2 aromatic rings. The second-order valence-corrected chi connectivity index (χ2v) is 4.75. The fourth-order valence-electron chi connectivity index (χ4n) is 1.67. The molecule has 0 bridgehead atoms. The predicted octanol–water partition coefficient (Wildman–Crippen LogP) is 3.82. The molecular formula is C13H17ClN2S. The number of aryl methyl sites for hydroxylation is 1. The highest BCUT2D eigenvalue weighted by Crippen LogP contribution is 2.27. The van der Waals surface area contributed by atoms with E-state index in [4.69, 9.17) is 0 Å². The molecule has 1 N–H and O–H groups in total. The average Bonchev–Trinajstić information content (AvgIpc) is 2.75. The Morgan fingerprint density at radius 1 is 1.24 bits per heavy atom. The number of benzene rings is 1. The third-order valence-electron chi connectivity index (χ3n) is 2.85. The summed E-state index contributed by atoms with van der Waals surface area (Å²) < 4.78 is 0. The van der Waals surface area contributed by atoms with Gasteiger partial charge in [0.1, 0.15) is 0 Å². The Bertz CT molecular complexity index is 465. The first kappa shape index (κ1) is 14.2. The first-order chi connectivity index (χ1) is 7.72. The van der Waals surface area contributed by atoms with Crippen LogP contribution >= 0.6 is 23.7 Å². The summed E-state index contributed by atoms with van der Waals surface area (Å²) in [4.78, 5) is 5.54.